The first-order chi connectivity index (χ1) is 34.4. The lowest BCUT2D eigenvalue weighted by molar-refractivity contribution is -0.144. The maximum atomic E-state index is 14.3. The molecule has 1 aromatic rings. The molecule has 1 saturated heterocycles. The molecule has 1 aliphatic rings. The molecule has 25 nitrogen and oxygen atoms in total. The van der Waals surface area contributed by atoms with E-state index < -0.39 is 115 Å². The lowest BCUT2D eigenvalue weighted by atomic mass is 9.94. The molecule has 0 aliphatic carbocycles. The zero-order valence-electron chi connectivity index (χ0n) is 42.1. The number of aliphatic carboxylic acids is 2. The van der Waals surface area contributed by atoms with Crippen molar-refractivity contribution in [2.45, 2.75) is 128 Å². The molecule has 0 bridgehead atoms. The normalized spacial score (nSPS) is 24.1. The number of rotatable bonds is 17. The van der Waals surface area contributed by atoms with Gasteiger partial charge in [-0.15, -0.1) is 0 Å². The van der Waals surface area contributed by atoms with Gasteiger partial charge in [0, 0.05) is 32.5 Å². The van der Waals surface area contributed by atoms with Gasteiger partial charge in [-0.2, -0.15) is 0 Å². The smallest absolute Gasteiger partial charge is 0.326 e. The molecule has 1 fully saturated rings. The highest BCUT2D eigenvalue weighted by Gasteiger charge is 2.34. The number of carboxylic acid groups (broad SMARTS) is 2. The summed E-state index contributed by atoms with van der Waals surface area (Å²) in [4.78, 5) is 128. The van der Waals surface area contributed by atoms with E-state index in [9.17, 15) is 53.4 Å². The first kappa shape index (κ1) is 61.3. The van der Waals surface area contributed by atoms with Crippen LogP contribution < -0.4 is 60.2 Å². The number of allylic oxidation sites excluding steroid dienone is 3. The monoisotopic (exact) mass is 1020 g/mol. The average Bonchev–Trinajstić information content (AvgIpc) is 3.33. The third-order valence-corrected chi connectivity index (χ3v) is 11.5. The molecule has 17 N–H and O–H groups in total. The SMILES string of the molecule is CC=C1NC(=O)CC[C@H](C(=O)O)NC(=O)[C@@H](C)[C@H](/C=C/C(C)=C/[C@H](C)[C@@H](Cc2ccccc2)OC)NC(=O)[C@H](CCCN=C(N)N)NC(=O)C[C@H](C(=O)O)NC(=O)[C@H](CCCN=C(N)N)NC(=O)[C@@H](C)NC1=O. The van der Waals surface area contributed by atoms with Crippen LogP contribution in [0.1, 0.15) is 85.1 Å². The second-order valence-electron chi connectivity index (χ2n) is 17.5. The Hall–Kier alpha value is -7.83. The van der Waals surface area contributed by atoms with Crippen molar-refractivity contribution in [1.29, 1.82) is 0 Å². The van der Waals surface area contributed by atoms with Gasteiger partial charge >= 0.3 is 11.9 Å². The van der Waals surface area contributed by atoms with Crippen LogP contribution in [0.4, 0.5) is 0 Å². The number of hydrogen-bond acceptors (Lipinski definition) is 12. The van der Waals surface area contributed by atoms with Gasteiger partial charge in [0.1, 0.15) is 35.9 Å². The highest BCUT2D eigenvalue weighted by Crippen LogP contribution is 2.18. The van der Waals surface area contributed by atoms with Crippen molar-refractivity contribution in [3.8, 4) is 0 Å². The fourth-order valence-corrected chi connectivity index (χ4v) is 7.33. The summed E-state index contributed by atoms with van der Waals surface area (Å²) in [5, 5.41) is 37.5. The van der Waals surface area contributed by atoms with Gasteiger partial charge in [0.15, 0.2) is 11.9 Å². The minimum atomic E-state index is -1.91. The van der Waals surface area contributed by atoms with Gasteiger partial charge in [0.2, 0.25) is 35.4 Å². The largest absolute Gasteiger partial charge is 0.480 e. The van der Waals surface area contributed by atoms with Gasteiger partial charge in [-0.05, 0) is 64.9 Å². The Kier molecular flexibility index (Phi) is 26.4. The quantitative estimate of drug-likeness (QED) is 0.0276. The molecule has 1 aliphatic heterocycles. The molecular formula is C48H73N13O12. The summed E-state index contributed by atoms with van der Waals surface area (Å²) in [6.45, 7) is 7.86. The maximum Gasteiger partial charge on any atom is 0.326 e. The number of amides is 7. The number of carboxylic acids is 2. The summed E-state index contributed by atoms with van der Waals surface area (Å²) >= 11 is 0. The fraction of sp³-hybridized carbons (Fsp3) is 0.521. The van der Waals surface area contributed by atoms with Gasteiger partial charge in [0.25, 0.3) is 5.91 Å². The number of hydrogen-bond donors (Lipinski definition) is 13. The van der Waals surface area contributed by atoms with E-state index in [-0.39, 0.29) is 68.4 Å². The topological polar surface area (TPSA) is 416 Å². The molecule has 73 heavy (non-hydrogen) atoms. The summed E-state index contributed by atoms with van der Waals surface area (Å²) in [7, 11) is 1.60. The minimum Gasteiger partial charge on any atom is -0.480 e. The number of nitrogens with two attached hydrogens (primary N) is 4. The number of carbonyl (C=O) groups excluding carboxylic acids is 7. The van der Waals surface area contributed by atoms with E-state index in [1.807, 2.05) is 43.3 Å². The van der Waals surface area contributed by atoms with E-state index >= 15 is 0 Å². The van der Waals surface area contributed by atoms with Gasteiger partial charge in [-0.3, -0.25) is 43.5 Å². The molecule has 1 heterocycles. The maximum absolute atomic E-state index is 14.3. The molecule has 9 atom stereocenters. The van der Waals surface area contributed by atoms with Gasteiger partial charge in [-0.1, -0.05) is 74.1 Å². The molecule has 2 rings (SSSR count). The first-order valence-corrected chi connectivity index (χ1v) is 23.7. The predicted octanol–water partition coefficient (Wildman–Crippen LogP) is -1.57. The minimum absolute atomic E-state index is 0.00238. The second kappa shape index (κ2) is 31.5. The number of guanidine groups is 2. The third-order valence-electron chi connectivity index (χ3n) is 11.5. The molecule has 0 radical (unpaired) electrons. The Morgan fingerprint density at radius 1 is 0.767 bits per heavy atom. The van der Waals surface area contributed by atoms with Crippen molar-refractivity contribution in [3.05, 3.63) is 71.5 Å². The Morgan fingerprint density at radius 3 is 1.88 bits per heavy atom. The van der Waals surface area contributed by atoms with E-state index in [2.05, 4.69) is 47.2 Å². The fourth-order valence-electron chi connectivity index (χ4n) is 7.33. The molecule has 1 aromatic carbocycles. The number of ether oxygens (including phenoxy) is 1. The Balaban J connectivity index is 2.69. The van der Waals surface area contributed by atoms with Crippen LogP contribution in [0.3, 0.4) is 0 Å². The number of methoxy groups -OCH3 is 1. The predicted molar refractivity (Wildman–Crippen MR) is 270 cm³/mol. The van der Waals surface area contributed by atoms with Gasteiger partial charge < -0.3 is 75.1 Å². The van der Waals surface area contributed by atoms with Crippen LogP contribution in [-0.4, -0.2) is 138 Å². The zero-order chi connectivity index (χ0) is 54.8. The van der Waals surface area contributed by atoms with Crippen molar-refractivity contribution in [2.24, 2.45) is 44.8 Å². The summed E-state index contributed by atoms with van der Waals surface area (Å²) in [5.74, 6) is -11.4. The highest BCUT2D eigenvalue weighted by molar-refractivity contribution is 6.00. The zero-order valence-corrected chi connectivity index (χ0v) is 42.1. The lowest BCUT2D eigenvalue weighted by Crippen LogP contribution is -2.56. The van der Waals surface area contributed by atoms with Crippen LogP contribution in [0, 0.1) is 11.8 Å². The number of benzene rings is 1. The Bertz CT molecular complexity index is 2240. The number of carbonyl (C=O) groups is 9. The molecule has 0 unspecified atom stereocenters. The molecule has 7 amide bonds. The molecule has 25 heteroatoms. The molecule has 0 spiro atoms. The van der Waals surface area contributed by atoms with Crippen molar-refractivity contribution in [3.63, 3.8) is 0 Å². The van der Waals surface area contributed by atoms with E-state index in [4.69, 9.17) is 27.7 Å². The summed E-state index contributed by atoms with van der Waals surface area (Å²) < 4.78 is 5.81. The van der Waals surface area contributed by atoms with E-state index in [0.717, 1.165) is 5.56 Å². The first-order valence-electron chi connectivity index (χ1n) is 23.7. The summed E-state index contributed by atoms with van der Waals surface area (Å²) in [6.07, 6.45) is 4.77. The Morgan fingerprint density at radius 2 is 1.33 bits per heavy atom. The third kappa shape index (κ3) is 22.9. The molecule has 402 valence electrons. The van der Waals surface area contributed by atoms with Crippen LogP contribution in [-0.2, 0) is 54.3 Å². The molecule has 0 saturated carbocycles. The summed E-state index contributed by atoms with van der Waals surface area (Å²) in [6, 6.07) is 0.758. The van der Waals surface area contributed by atoms with E-state index in [1.165, 1.54) is 32.9 Å². The molecular weight excluding hydrogens is 951 g/mol. The number of nitrogens with one attached hydrogen (secondary N) is 7. The van der Waals surface area contributed by atoms with E-state index in [0.29, 0.717) is 12.0 Å². The number of aliphatic imine (C=N–C) groups is 2. The Labute approximate surface area is 424 Å². The van der Waals surface area contributed by atoms with Crippen molar-refractivity contribution in [1.82, 2.24) is 37.2 Å². The van der Waals surface area contributed by atoms with Gasteiger partial charge in [-0.25, -0.2) is 9.59 Å². The highest BCUT2D eigenvalue weighted by atomic mass is 16.5. The van der Waals surface area contributed by atoms with Crippen molar-refractivity contribution >= 4 is 65.2 Å². The number of nitrogens with zero attached hydrogens (tertiary/aromatic N) is 2. The van der Waals surface area contributed by atoms with Crippen molar-refractivity contribution < 1.29 is 58.1 Å². The lowest BCUT2D eigenvalue weighted by Gasteiger charge is -2.27. The van der Waals surface area contributed by atoms with Crippen LogP contribution >= 0.6 is 0 Å². The average molecular weight is 1020 g/mol. The van der Waals surface area contributed by atoms with Crippen LogP contribution in [0.5, 0.6) is 0 Å². The van der Waals surface area contributed by atoms with Crippen molar-refractivity contribution in [2.75, 3.05) is 20.2 Å². The van der Waals surface area contributed by atoms with Gasteiger partial charge in [0.05, 0.1) is 24.5 Å². The van der Waals surface area contributed by atoms with Crippen LogP contribution in [0.2, 0.25) is 0 Å². The van der Waals surface area contributed by atoms with Crippen LogP contribution in [0.15, 0.2) is 75.9 Å². The van der Waals surface area contributed by atoms with E-state index in [1.54, 1.807) is 20.1 Å². The molecule has 0 aromatic heterocycles. The summed E-state index contributed by atoms with van der Waals surface area (Å²) in [5.41, 5.74) is 23.3. The van der Waals surface area contributed by atoms with Crippen LogP contribution in [0.25, 0.3) is 0 Å². The standard InChI is InChI=1S/C48H73N13O12/c1-7-31-42(66)55-29(5)41(65)59-34(16-12-22-54-48(51)52)44(68)61-36(46(71)72)25-39(63)57-33(15-11-21-53-47(49)50)43(67)58-32(28(4)40(64)60-35(45(69)70)19-20-38(62)56-31)18-17-26(2)23-27(3)37(73-6)24-30-13-9-8-10-14-30/h7-10,13-14,17-18,23,27-29,32-37H,11-12,15-16,19-22,24-25H2,1-6H3,(H,55,66)(H,56,62)(H,57,63)(H,58,67)(H,59,65)(H,60,64)(H,61,68)(H,69,70)(H,71,72)(H4,49,50,53)(H4,51,52,54)/b18-17+,26-23+,31-7?/t27-,28-,29+,32-,33-,34-,35+,36+,37+/m0/s1. The second-order valence-corrected chi connectivity index (χ2v) is 17.5.